The zero-order valence-corrected chi connectivity index (χ0v) is 19.1. The highest BCUT2D eigenvalue weighted by molar-refractivity contribution is 6.27. The number of hydrogen-bond acceptors (Lipinski definition) is 5. The number of benzene rings is 1. The van der Waals surface area contributed by atoms with E-state index < -0.39 is 29.6 Å². The molecule has 0 spiro atoms. The largest absolute Gasteiger partial charge is 0.508 e. The molecule has 6 nitrogen and oxygen atoms in total. The fourth-order valence-corrected chi connectivity index (χ4v) is 3.69. The number of phenols is 1. The maximum Gasteiger partial charge on any atom is 0.259 e. The van der Waals surface area contributed by atoms with Gasteiger partial charge in [0.15, 0.2) is 5.78 Å². The molecule has 4 atom stereocenters. The number of carbonyl (C=O) groups excluding carboxylic acids is 2. The number of phenolic OH excluding ortho intramolecular Hbond substituents is 1. The lowest BCUT2D eigenvalue weighted by Gasteiger charge is -2.16. The zero-order valence-electron chi connectivity index (χ0n) is 19.1. The Labute approximate surface area is 189 Å². The number of amides is 1. The summed E-state index contributed by atoms with van der Waals surface area (Å²) in [5.74, 6) is -0.715. The molecule has 0 aromatic heterocycles. The van der Waals surface area contributed by atoms with Gasteiger partial charge in [0.05, 0.1) is 0 Å². The number of carbonyl (C=O) groups is 2. The van der Waals surface area contributed by atoms with Gasteiger partial charge in [-0.3, -0.25) is 9.59 Å². The second-order valence-electron chi connectivity index (χ2n) is 8.47. The van der Waals surface area contributed by atoms with Crippen molar-refractivity contribution in [2.75, 3.05) is 0 Å². The third-order valence-corrected chi connectivity index (χ3v) is 5.59. The van der Waals surface area contributed by atoms with Crippen molar-refractivity contribution in [2.24, 2.45) is 11.8 Å². The summed E-state index contributed by atoms with van der Waals surface area (Å²) in [5.41, 5.74) is 1.07. The second kappa shape index (κ2) is 11.5. The number of hydrogen-bond donors (Lipinski definition) is 4. The number of allylic oxidation sites excluding steroid dienone is 6. The molecule has 1 fully saturated rings. The Morgan fingerprint density at radius 1 is 1.12 bits per heavy atom. The predicted octanol–water partition coefficient (Wildman–Crippen LogP) is 4.44. The maximum atomic E-state index is 12.6. The molecule has 1 saturated heterocycles. The van der Waals surface area contributed by atoms with Crippen LogP contribution < -0.4 is 5.32 Å². The van der Waals surface area contributed by atoms with E-state index in [1.165, 1.54) is 30.3 Å². The Balaban J connectivity index is 2.06. The van der Waals surface area contributed by atoms with Gasteiger partial charge in [0, 0.05) is 0 Å². The number of ketones is 1. The Morgan fingerprint density at radius 2 is 1.75 bits per heavy atom. The number of aliphatic hydroxyl groups excluding tert-OH is 2. The first-order chi connectivity index (χ1) is 15.1. The van der Waals surface area contributed by atoms with E-state index in [2.05, 4.69) is 32.2 Å². The molecule has 0 bridgehead atoms. The van der Waals surface area contributed by atoms with Crippen molar-refractivity contribution in [1.82, 2.24) is 5.32 Å². The van der Waals surface area contributed by atoms with Crippen molar-refractivity contribution in [3.8, 4) is 5.75 Å². The van der Waals surface area contributed by atoms with Crippen LogP contribution >= 0.6 is 0 Å². The smallest absolute Gasteiger partial charge is 0.259 e. The first-order valence-electron chi connectivity index (χ1n) is 10.9. The van der Waals surface area contributed by atoms with Crippen LogP contribution in [-0.4, -0.2) is 33.1 Å². The van der Waals surface area contributed by atoms with Gasteiger partial charge in [0.25, 0.3) is 5.91 Å². The fraction of sp³-hybridized carbons (Fsp3) is 0.385. The molecule has 172 valence electrons. The molecule has 2 rings (SSSR count). The minimum Gasteiger partial charge on any atom is -0.508 e. The third-order valence-electron chi connectivity index (χ3n) is 5.59. The Hall–Kier alpha value is -3.12. The van der Waals surface area contributed by atoms with Crippen LogP contribution in [0.25, 0.3) is 0 Å². The van der Waals surface area contributed by atoms with Crippen LogP contribution in [0, 0.1) is 11.8 Å². The van der Waals surface area contributed by atoms with E-state index >= 15 is 0 Å². The highest BCUT2D eigenvalue weighted by atomic mass is 16.3. The first kappa shape index (κ1) is 25.1. The summed E-state index contributed by atoms with van der Waals surface area (Å²) >= 11 is 0. The fourth-order valence-electron chi connectivity index (χ4n) is 3.69. The number of Topliss-reactive ketones (excluding diaryl/α,β-unsaturated/α-hetero) is 1. The molecule has 4 N–H and O–H groups in total. The Kier molecular flexibility index (Phi) is 9.02. The molecular formula is C26H33NO5. The first-order valence-corrected chi connectivity index (χ1v) is 10.9. The van der Waals surface area contributed by atoms with E-state index in [-0.39, 0.29) is 11.3 Å². The van der Waals surface area contributed by atoms with Gasteiger partial charge in [-0.1, -0.05) is 69.2 Å². The van der Waals surface area contributed by atoms with Gasteiger partial charge in [0.2, 0.25) is 0 Å². The van der Waals surface area contributed by atoms with Crippen LogP contribution in [0.5, 0.6) is 5.75 Å². The summed E-state index contributed by atoms with van der Waals surface area (Å²) in [6.07, 6.45) is 9.65. The number of rotatable bonds is 9. The van der Waals surface area contributed by atoms with Gasteiger partial charge in [-0.15, -0.1) is 0 Å². The van der Waals surface area contributed by atoms with Gasteiger partial charge in [-0.25, -0.2) is 0 Å². The van der Waals surface area contributed by atoms with Gasteiger partial charge < -0.3 is 20.6 Å². The molecule has 0 aliphatic carbocycles. The molecule has 32 heavy (non-hydrogen) atoms. The van der Waals surface area contributed by atoms with E-state index in [1.54, 1.807) is 12.2 Å². The van der Waals surface area contributed by atoms with Crippen molar-refractivity contribution < 1.29 is 24.9 Å². The SMILES string of the molecule is CC[C@@H](C)C[C@@H](C)/C=C(C)/C=C/C=C/C(O)=C1/C(=O)NC(C(O)c2ccc(O)cc2)C1=O. The summed E-state index contributed by atoms with van der Waals surface area (Å²) in [5, 5.41) is 32.5. The molecule has 2 unspecified atom stereocenters. The summed E-state index contributed by atoms with van der Waals surface area (Å²) < 4.78 is 0. The number of nitrogens with one attached hydrogen (secondary N) is 1. The van der Waals surface area contributed by atoms with E-state index in [0.29, 0.717) is 17.4 Å². The minimum atomic E-state index is -1.30. The zero-order chi connectivity index (χ0) is 23.8. The highest BCUT2D eigenvalue weighted by Gasteiger charge is 2.42. The van der Waals surface area contributed by atoms with Crippen molar-refractivity contribution in [1.29, 1.82) is 0 Å². The summed E-state index contributed by atoms with van der Waals surface area (Å²) in [6.45, 7) is 8.61. The van der Waals surface area contributed by atoms with Crippen LogP contribution in [0.15, 0.2) is 71.6 Å². The van der Waals surface area contributed by atoms with Crippen LogP contribution in [0.4, 0.5) is 0 Å². The second-order valence-corrected chi connectivity index (χ2v) is 8.47. The molecule has 1 amide bonds. The number of aromatic hydroxyl groups is 1. The average molecular weight is 440 g/mol. The minimum absolute atomic E-state index is 0.0224. The van der Waals surface area contributed by atoms with Gasteiger partial charge in [-0.05, 0) is 49.0 Å². The summed E-state index contributed by atoms with van der Waals surface area (Å²) in [7, 11) is 0. The van der Waals surface area contributed by atoms with E-state index in [0.717, 1.165) is 18.4 Å². The van der Waals surface area contributed by atoms with Crippen LogP contribution in [-0.2, 0) is 9.59 Å². The van der Waals surface area contributed by atoms with Crippen LogP contribution in [0.3, 0.4) is 0 Å². The van der Waals surface area contributed by atoms with E-state index in [9.17, 15) is 24.9 Å². The average Bonchev–Trinajstić information content (AvgIpc) is 3.04. The lowest BCUT2D eigenvalue weighted by Crippen LogP contribution is -2.35. The van der Waals surface area contributed by atoms with Crippen molar-refractivity contribution in [2.45, 2.75) is 52.7 Å². The predicted molar refractivity (Wildman–Crippen MR) is 125 cm³/mol. The van der Waals surface area contributed by atoms with E-state index in [1.807, 2.05) is 13.0 Å². The topological polar surface area (TPSA) is 107 Å². The van der Waals surface area contributed by atoms with Crippen LogP contribution in [0.2, 0.25) is 0 Å². The molecule has 1 aliphatic heterocycles. The standard InChI is InChI=1S/C26H33NO5/c1-5-16(2)14-18(4)15-17(3)8-6-7-9-21(29)22-25(31)23(27-26(22)32)24(30)19-10-12-20(28)13-11-19/h6-13,15-16,18,23-24,28-30H,5,14H2,1-4H3,(H,27,32)/b8-6+,9-7+,17-15+,22-21-/t16-,18-,23?,24?/m1/s1. The molecule has 1 aromatic rings. The normalized spacial score (nSPS) is 21.8. The quantitative estimate of drug-likeness (QED) is 0.197. The Morgan fingerprint density at radius 3 is 2.38 bits per heavy atom. The molecule has 0 saturated carbocycles. The van der Waals surface area contributed by atoms with Gasteiger partial charge in [0.1, 0.15) is 29.2 Å². The van der Waals surface area contributed by atoms with Crippen molar-refractivity contribution >= 4 is 11.7 Å². The van der Waals surface area contributed by atoms with Gasteiger partial charge >= 0.3 is 0 Å². The highest BCUT2D eigenvalue weighted by Crippen LogP contribution is 2.26. The van der Waals surface area contributed by atoms with Crippen molar-refractivity contribution in [3.63, 3.8) is 0 Å². The third kappa shape index (κ3) is 6.69. The van der Waals surface area contributed by atoms with E-state index in [4.69, 9.17) is 0 Å². The summed E-state index contributed by atoms with van der Waals surface area (Å²) in [6, 6.07) is 4.48. The molecule has 1 heterocycles. The summed E-state index contributed by atoms with van der Waals surface area (Å²) in [4.78, 5) is 24.9. The van der Waals surface area contributed by atoms with Crippen molar-refractivity contribution in [3.05, 3.63) is 77.1 Å². The Bertz CT molecular complexity index is 939. The van der Waals surface area contributed by atoms with Gasteiger partial charge in [-0.2, -0.15) is 0 Å². The molecule has 1 aliphatic rings. The monoisotopic (exact) mass is 439 g/mol. The molecule has 1 aromatic carbocycles. The molecular weight excluding hydrogens is 406 g/mol. The lowest BCUT2D eigenvalue weighted by molar-refractivity contribution is -0.118. The molecule has 6 heteroatoms. The van der Waals surface area contributed by atoms with Crippen LogP contribution in [0.1, 0.15) is 52.2 Å². The lowest BCUT2D eigenvalue weighted by atomic mass is 9.94. The molecule has 0 radical (unpaired) electrons. The number of aliphatic hydroxyl groups is 2. The maximum absolute atomic E-state index is 12.6.